The molecule has 1 heterocycles. The predicted octanol–water partition coefficient (Wildman–Crippen LogP) is 3.70. The second-order valence-electron chi connectivity index (χ2n) is 7.08. The van der Waals surface area contributed by atoms with Crippen LogP contribution >= 0.6 is 0 Å². The first-order valence-electron chi connectivity index (χ1n) is 8.10. The summed E-state index contributed by atoms with van der Waals surface area (Å²) in [4.78, 5) is 0. The first-order chi connectivity index (χ1) is 11.3. The zero-order chi connectivity index (χ0) is 17.4. The molecule has 0 aromatic heterocycles. The summed E-state index contributed by atoms with van der Waals surface area (Å²) in [7, 11) is -0.399. The van der Waals surface area contributed by atoms with Crippen molar-refractivity contribution in [3.8, 4) is 5.75 Å². The highest BCUT2D eigenvalue weighted by molar-refractivity contribution is 6.62. The molecule has 2 aromatic rings. The van der Waals surface area contributed by atoms with Crippen molar-refractivity contribution in [3.05, 3.63) is 59.9 Å². The van der Waals surface area contributed by atoms with E-state index < -0.39 is 7.12 Å². The Labute approximate surface area is 142 Å². The first kappa shape index (κ1) is 17.0. The third-order valence-electron chi connectivity index (χ3n) is 4.68. The van der Waals surface area contributed by atoms with Gasteiger partial charge in [-0.3, -0.25) is 0 Å². The molecule has 1 aliphatic rings. The monoisotopic (exact) mass is 328 g/mol. The van der Waals surface area contributed by atoms with Crippen molar-refractivity contribution in [2.75, 3.05) is 0 Å². The molecular formula is C19H22BFO3. The standard InChI is InChI=1S/C19H22BFO3/c1-18(2)19(3,4)24-20(23-18)15-8-5-7-14(11-15)13-22-17-10-6-9-16(21)12-17/h5-12H,13H2,1-4H3. The molecule has 0 bridgehead atoms. The van der Waals surface area contributed by atoms with E-state index in [1.807, 2.05) is 52.0 Å². The van der Waals surface area contributed by atoms with Crippen molar-refractivity contribution in [2.45, 2.75) is 45.5 Å². The van der Waals surface area contributed by atoms with Gasteiger partial charge in [0.2, 0.25) is 0 Å². The topological polar surface area (TPSA) is 27.7 Å². The van der Waals surface area contributed by atoms with Gasteiger partial charge in [0.25, 0.3) is 0 Å². The van der Waals surface area contributed by atoms with Crippen LogP contribution in [0.25, 0.3) is 0 Å². The highest BCUT2D eigenvalue weighted by Crippen LogP contribution is 2.36. The Bertz CT molecular complexity index is 714. The van der Waals surface area contributed by atoms with Gasteiger partial charge in [-0.2, -0.15) is 0 Å². The third kappa shape index (κ3) is 3.47. The van der Waals surface area contributed by atoms with Gasteiger partial charge in [0.05, 0.1) is 11.2 Å². The molecule has 1 saturated heterocycles. The SMILES string of the molecule is CC1(C)OB(c2cccc(COc3cccc(F)c3)c2)OC1(C)C. The van der Waals surface area contributed by atoms with E-state index in [4.69, 9.17) is 14.0 Å². The minimum Gasteiger partial charge on any atom is -0.489 e. The van der Waals surface area contributed by atoms with E-state index in [0.717, 1.165) is 11.0 Å². The summed E-state index contributed by atoms with van der Waals surface area (Å²) in [5.74, 6) is 0.203. The van der Waals surface area contributed by atoms with Crippen LogP contribution in [0, 0.1) is 5.82 Å². The predicted molar refractivity (Wildman–Crippen MR) is 92.9 cm³/mol. The van der Waals surface area contributed by atoms with E-state index >= 15 is 0 Å². The smallest absolute Gasteiger partial charge is 0.489 e. The van der Waals surface area contributed by atoms with Crippen LogP contribution in [0.3, 0.4) is 0 Å². The van der Waals surface area contributed by atoms with Crippen molar-refractivity contribution in [3.63, 3.8) is 0 Å². The zero-order valence-electron chi connectivity index (χ0n) is 14.5. The average Bonchev–Trinajstić information content (AvgIpc) is 2.74. The highest BCUT2D eigenvalue weighted by Gasteiger charge is 2.51. The lowest BCUT2D eigenvalue weighted by molar-refractivity contribution is 0.00578. The summed E-state index contributed by atoms with van der Waals surface area (Å²) >= 11 is 0. The average molecular weight is 328 g/mol. The third-order valence-corrected chi connectivity index (χ3v) is 4.68. The molecule has 0 atom stereocenters. The molecular weight excluding hydrogens is 306 g/mol. The van der Waals surface area contributed by atoms with E-state index in [1.165, 1.54) is 12.1 Å². The van der Waals surface area contributed by atoms with Crippen LogP contribution in [-0.4, -0.2) is 18.3 Å². The number of ether oxygens (including phenoxy) is 1. The van der Waals surface area contributed by atoms with Crippen LogP contribution in [0.2, 0.25) is 0 Å². The molecule has 0 unspecified atom stereocenters. The lowest BCUT2D eigenvalue weighted by atomic mass is 9.78. The van der Waals surface area contributed by atoms with Gasteiger partial charge < -0.3 is 14.0 Å². The summed E-state index contributed by atoms with van der Waals surface area (Å²) in [6.07, 6.45) is 0. The van der Waals surface area contributed by atoms with Gasteiger partial charge in [-0.15, -0.1) is 0 Å². The maximum absolute atomic E-state index is 13.2. The molecule has 126 valence electrons. The largest absolute Gasteiger partial charge is 0.494 e. The number of benzene rings is 2. The fourth-order valence-electron chi connectivity index (χ4n) is 2.53. The van der Waals surface area contributed by atoms with Gasteiger partial charge >= 0.3 is 7.12 Å². The summed E-state index contributed by atoms with van der Waals surface area (Å²) in [5, 5.41) is 0. The fraction of sp³-hybridized carbons (Fsp3) is 0.368. The van der Waals surface area contributed by atoms with E-state index in [-0.39, 0.29) is 17.0 Å². The van der Waals surface area contributed by atoms with Crippen LogP contribution < -0.4 is 10.2 Å². The molecule has 1 aliphatic heterocycles. The molecule has 1 fully saturated rings. The molecule has 0 radical (unpaired) electrons. The molecule has 5 heteroatoms. The van der Waals surface area contributed by atoms with Crippen LogP contribution in [0.5, 0.6) is 5.75 Å². The van der Waals surface area contributed by atoms with E-state index in [1.54, 1.807) is 12.1 Å². The maximum Gasteiger partial charge on any atom is 0.494 e. The summed E-state index contributed by atoms with van der Waals surface area (Å²) in [6, 6.07) is 14.0. The number of halogens is 1. The molecule has 3 rings (SSSR count). The Morgan fingerprint density at radius 2 is 1.62 bits per heavy atom. The number of rotatable bonds is 4. The molecule has 0 spiro atoms. The van der Waals surface area contributed by atoms with Gasteiger partial charge in [0.15, 0.2) is 0 Å². The summed E-state index contributed by atoms with van der Waals surface area (Å²) < 4.78 is 31.0. The normalized spacial score (nSPS) is 18.6. The second kappa shape index (κ2) is 6.23. The van der Waals surface area contributed by atoms with Crippen molar-refractivity contribution >= 4 is 12.6 Å². The highest BCUT2D eigenvalue weighted by atomic mass is 19.1. The molecule has 0 saturated carbocycles. The Balaban J connectivity index is 1.71. The van der Waals surface area contributed by atoms with Crippen LogP contribution in [0.15, 0.2) is 48.5 Å². The Morgan fingerprint density at radius 3 is 2.29 bits per heavy atom. The summed E-state index contributed by atoms with van der Waals surface area (Å²) in [6.45, 7) is 8.48. The van der Waals surface area contributed by atoms with Crippen molar-refractivity contribution in [2.24, 2.45) is 0 Å². The minimum absolute atomic E-state index is 0.307. The quantitative estimate of drug-likeness (QED) is 0.801. The van der Waals surface area contributed by atoms with Crippen LogP contribution in [-0.2, 0) is 15.9 Å². The number of hydrogen-bond donors (Lipinski definition) is 0. The van der Waals surface area contributed by atoms with Crippen LogP contribution in [0.4, 0.5) is 4.39 Å². The second-order valence-corrected chi connectivity index (χ2v) is 7.08. The molecule has 2 aromatic carbocycles. The number of hydrogen-bond acceptors (Lipinski definition) is 3. The maximum atomic E-state index is 13.2. The van der Waals surface area contributed by atoms with Gasteiger partial charge in [-0.25, -0.2) is 4.39 Å². The van der Waals surface area contributed by atoms with E-state index in [2.05, 4.69) is 0 Å². The summed E-state index contributed by atoms with van der Waals surface area (Å²) in [5.41, 5.74) is 1.19. The van der Waals surface area contributed by atoms with Crippen molar-refractivity contribution in [1.82, 2.24) is 0 Å². The van der Waals surface area contributed by atoms with E-state index in [0.29, 0.717) is 12.4 Å². The molecule has 0 aliphatic carbocycles. The molecule has 0 amide bonds. The minimum atomic E-state index is -0.399. The van der Waals surface area contributed by atoms with Gasteiger partial charge in [0.1, 0.15) is 18.2 Å². The fourth-order valence-corrected chi connectivity index (χ4v) is 2.53. The Morgan fingerprint density at radius 1 is 0.958 bits per heavy atom. The van der Waals surface area contributed by atoms with Gasteiger partial charge in [-0.05, 0) is 50.9 Å². The van der Waals surface area contributed by atoms with Gasteiger partial charge in [0, 0.05) is 6.07 Å². The Kier molecular flexibility index (Phi) is 4.41. The van der Waals surface area contributed by atoms with Crippen LogP contribution in [0.1, 0.15) is 33.3 Å². The lowest BCUT2D eigenvalue weighted by Crippen LogP contribution is -2.41. The Hall–Kier alpha value is -1.85. The lowest BCUT2D eigenvalue weighted by Gasteiger charge is -2.32. The van der Waals surface area contributed by atoms with Crippen molar-refractivity contribution in [1.29, 1.82) is 0 Å². The molecule has 0 N–H and O–H groups in total. The first-order valence-corrected chi connectivity index (χ1v) is 8.10. The van der Waals surface area contributed by atoms with Gasteiger partial charge in [-0.1, -0.05) is 30.3 Å². The molecule has 3 nitrogen and oxygen atoms in total. The zero-order valence-corrected chi connectivity index (χ0v) is 14.5. The van der Waals surface area contributed by atoms with Crippen molar-refractivity contribution < 1.29 is 18.4 Å². The van der Waals surface area contributed by atoms with E-state index in [9.17, 15) is 4.39 Å². The molecule has 24 heavy (non-hydrogen) atoms.